The van der Waals surface area contributed by atoms with Crippen molar-refractivity contribution in [2.45, 2.75) is 51.6 Å². The zero-order chi connectivity index (χ0) is 17.1. The van der Waals surface area contributed by atoms with Gasteiger partial charge in [0.2, 0.25) is 0 Å². The van der Waals surface area contributed by atoms with Crippen LogP contribution in [0.15, 0.2) is 22.6 Å². The van der Waals surface area contributed by atoms with Gasteiger partial charge in [-0.25, -0.2) is 9.78 Å². The van der Waals surface area contributed by atoms with Crippen molar-refractivity contribution in [2.24, 2.45) is 5.92 Å². The van der Waals surface area contributed by atoms with Gasteiger partial charge in [-0.2, -0.15) is 0 Å². The van der Waals surface area contributed by atoms with E-state index in [0.717, 1.165) is 42.7 Å². The Labute approximate surface area is 141 Å². The summed E-state index contributed by atoms with van der Waals surface area (Å²) < 4.78 is 5.71. The number of benzene rings is 1. The molecular weight excluding hydrogens is 306 g/mol. The predicted molar refractivity (Wildman–Crippen MR) is 93.1 cm³/mol. The first-order chi connectivity index (χ1) is 11.6. The van der Waals surface area contributed by atoms with Crippen molar-refractivity contribution >= 4 is 22.8 Å². The molecule has 0 spiro atoms. The molecule has 0 saturated heterocycles. The molecular formula is C18H25N3O3. The zero-order valence-corrected chi connectivity index (χ0v) is 14.2. The van der Waals surface area contributed by atoms with Gasteiger partial charge in [0.05, 0.1) is 6.10 Å². The highest BCUT2D eigenvalue weighted by atomic mass is 16.3. The van der Waals surface area contributed by atoms with Crippen LogP contribution < -0.4 is 10.6 Å². The second kappa shape index (κ2) is 7.21. The number of carbonyl (C=O) groups excluding carboxylic acids is 1. The highest BCUT2D eigenvalue weighted by Crippen LogP contribution is 2.40. The number of nitrogens with zero attached hydrogens (tertiary/aromatic N) is 1. The quantitative estimate of drug-likeness (QED) is 0.723. The van der Waals surface area contributed by atoms with Gasteiger partial charge in [0, 0.05) is 18.2 Å². The molecule has 3 N–H and O–H groups in total. The number of aromatic nitrogens is 1. The molecule has 6 heteroatoms. The average molecular weight is 331 g/mol. The predicted octanol–water partition coefficient (Wildman–Crippen LogP) is 3.62. The lowest BCUT2D eigenvalue weighted by molar-refractivity contribution is 0.104. The maximum absolute atomic E-state index is 12.0. The Morgan fingerprint density at radius 3 is 2.79 bits per heavy atom. The van der Waals surface area contributed by atoms with Crippen molar-refractivity contribution in [2.75, 3.05) is 11.9 Å². The minimum atomic E-state index is -0.523. The van der Waals surface area contributed by atoms with Crippen LogP contribution in [0.2, 0.25) is 0 Å². The van der Waals surface area contributed by atoms with Gasteiger partial charge in [-0.1, -0.05) is 26.7 Å². The van der Waals surface area contributed by atoms with Crippen LogP contribution in [0.1, 0.15) is 51.3 Å². The molecule has 0 aliphatic heterocycles. The number of fused-ring (bicyclic) bond motifs is 1. The molecule has 1 saturated carbocycles. The Bertz CT molecular complexity index is 705. The molecule has 1 aromatic carbocycles. The number of nitrogens with one attached hydrogen (secondary N) is 2. The summed E-state index contributed by atoms with van der Waals surface area (Å²) in [5.41, 5.74) is 2.16. The Hall–Kier alpha value is -2.08. The van der Waals surface area contributed by atoms with Crippen molar-refractivity contribution in [3.8, 4) is 0 Å². The molecule has 2 amide bonds. The highest BCUT2D eigenvalue weighted by Gasteiger charge is 2.28. The van der Waals surface area contributed by atoms with E-state index in [0.29, 0.717) is 11.6 Å². The molecule has 0 radical (unpaired) electrons. The van der Waals surface area contributed by atoms with Crippen molar-refractivity contribution in [3.63, 3.8) is 0 Å². The minimum Gasteiger partial charge on any atom is -0.440 e. The first kappa shape index (κ1) is 16.8. The van der Waals surface area contributed by atoms with Gasteiger partial charge in [0.15, 0.2) is 11.5 Å². The van der Waals surface area contributed by atoms with E-state index in [1.54, 1.807) is 6.07 Å². The third-order valence-electron chi connectivity index (χ3n) is 4.65. The summed E-state index contributed by atoms with van der Waals surface area (Å²) in [5.74, 6) is 1.46. The van der Waals surface area contributed by atoms with Gasteiger partial charge in [0.25, 0.3) is 0 Å². The van der Waals surface area contributed by atoms with Gasteiger partial charge in [-0.05, 0) is 37.0 Å². The fourth-order valence-electron chi connectivity index (χ4n) is 2.90. The van der Waals surface area contributed by atoms with Gasteiger partial charge in [-0.3, -0.25) is 0 Å². The van der Waals surface area contributed by atoms with Crippen LogP contribution >= 0.6 is 0 Å². The third kappa shape index (κ3) is 3.87. The largest absolute Gasteiger partial charge is 0.440 e. The normalized spacial score (nSPS) is 15.7. The van der Waals surface area contributed by atoms with E-state index < -0.39 is 6.10 Å². The fourth-order valence-corrected chi connectivity index (χ4v) is 2.90. The number of hydrogen-bond acceptors (Lipinski definition) is 4. The van der Waals surface area contributed by atoms with Crippen LogP contribution in [-0.2, 0) is 0 Å². The summed E-state index contributed by atoms with van der Waals surface area (Å²) in [6.07, 6.45) is 3.54. The Balaban J connectivity index is 1.56. The van der Waals surface area contributed by atoms with E-state index in [1.165, 1.54) is 0 Å². The fraction of sp³-hybridized carbons (Fsp3) is 0.556. The number of hydrogen-bond donors (Lipinski definition) is 3. The van der Waals surface area contributed by atoms with Crippen LogP contribution in [0.5, 0.6) is 0 Å². The van der Waals surface area contributed by atoms with E-state index in [4.69, 9.17) is 4.42 Å². The van der Waals surface area contributed by atoms with E-state index in [9.17, 15) is 9.90 Å². The number of aliphatic hydroxyl groups is 1. The van der Waals surface area contributed by atoms with E-state index in [1.807, 2.05) is 26.0 Å². The van der Waals surface area contributed by atoms with Crippen LogP contribution in [0.3, 0.4) is 0 Å². The first-order valence-electron chi connectivity index (χ1n) is 8.74. The van der Waals surface area contributed by atoms with Crippen LogP contribution in [0, 0.1) is 5.92 Å². The molecule has 6 nitrogen and oxygen atoms in total. The summed E-state index contributed by atoms with van der Waals surface area (Å²) in [6.45, 7) is 4.33. The van der Waals surface area contributed by atoms with Crippen molar-refractivity contribution in [3.05, 3.63) is 24.1 Å². The summed E-state index contributed by atoms with van der Waals surface area (Å²) in [6, 6.07) is 5.09. The number of anilines is 1. The maximum atomic E-state index is 12.0. The molecule has 3 rings (SSSR count). The summed E-state index contributed by atoms with van der Waals surface area (Å²) >= 11 is 0. The summed E-state index contributed by atoms with van der Waals surface area (Å²) in [5, 5.41) is 15.6. The average Bonchev–Trinajstić information content (AvgIpc) is 3.34. The molecule has 2 aromatic rings. The molecule has 1 aliphatic carbocycles. The van der Waals surface area contributed by atoms with Crippen LogP contribution in [-0.4, -0.2) is 28.8 Å². The summed E-state index contributed by atoms with van der Waals surface area (Å²) in [7, 11) is 0. The maximum Gasteiger partial charge on any atom is 0.319 e. The van der Waals surface area contributed by atoms with Crippen LogP contribution in [0.25, 0.3) is 11.1 Å². The van der Waals surface area contributed by atoms with Gasteiger partial charge in [-0.15, -0.1) is 0 Å². The zero-order valence-electron chi connectivity index (χ0n) is 14.2. The Morgan fingerprint density at radius 2 is 2.12 bits per heavy atom. The lowest BCUT2D eigenvalue weighted by atomic mass is 9.97. The van der Waals surface area contributed by atoms with Gasteiger partial charge >= 0.3 is 6.03 Å². The molecule has 1 heterocycles. The topological polar surface area (TPSA) is 87.4 Å². The molecule has 1 aliphatic rings. The SMILES string of the molecule is CCC(CC)C(O)CNC(=O)Nc1ccc2oc(C3CC3)nc2c1. The lowest BCUT2D eigenvalue weighted by Gasteiger charge is -2.20. The van der Waals surface area contributed by atoms with Gasteiger partial charge < -0.3 is 20.2 Å². The number of oxazole rings is 1. The number of aliphatic hydroxyl groups excluding tert-OH is 1. The molecule has 1 atom stereocenters. The number of rotatable bonds is 7. The molecule has 24 heavy (non-hydrogen) atoms. The monoisotopic (exact) mass is 331 g/mol. The Morgan fingerprint density at radius 1 is 1.38 bits per heavy atom. The number of carbonyl (C=O) groups is 1. The Kier molecular flexibility index (Phi) is 5.04. The standard InChI is InChI=1S/C18H25N3O3/c1-3-11(4-2)15(22)10-19-18(23)20-13-7-8-16-14(9-13)21-17(24-16)12-5-6-12/h7-9,11-12,15,22H,3-6,10H2,1-2H3,(H2,19,20,23). The minimum absolute atomic E-state index is 0.206. The smallest absolute Gasteiger partial charge is 0.319 e. The first-order valence-corrected chi connectivity index (χ1v) is 8.74. The van der Waals surface area contributed by atoms with E-state index in [2.05, 4.69) is 15.6 Å². The molecule has 1 fully saturated rings. The van der Waals surface area contributed by atoms with Gasteiger partial charge in [0.1, 0.15) is 5.52 Å². The molecule has 1 unspecified atom stereocenters. The van der Waals surface area contributed by atoms with Crippen molar-refractivity contribution < 1.29 is 14.3 Å². The second-order valence-corrected chi connectivity index (χ2v) is 6.49. The second-order valence-electron chi connectivity index (χ2n) is 6.49. The molecule has 0 bridgehead atoms. The van der Waals surface area contributed by atoms with E-state index >= 15 is 0 Å². The summed E-state index contributed by atoms with van der Waals surface area (Å²) in [4.78, 5) is 16.5. The highest BCUT2D eigenvalue weighted by molar-refractivity contribution is 5.91. The number of urea groups is 1. The lowest BCUT2D eigenvalue weighted by Crippen LogP contribution is -2.38. The van der Waals surface area contributed by atoms with E-state index in [-0.39, 0.29) is 18.5 Å². The number of amides is 2. The van der Waals surface area contributed by atoms with Crippen molar-refractivity contribution in [1.82, 2.24) is 10.3 Å². The van der Waals surface area contributed by atoms with Crippen LogP contribution in [0.4, 0.5) is 10.5 Å². The molecule has 1 aromatic heterocycles. The molecule has 130 valence electrons. The van der Waals surface area contributed by atoms with Crippen molar-refractivity contribution in [1.29, 1.82) is 0 Å². The third-order valence-corrected chi connectivity index (χ3v) is 4.65.